The molecule has 0 radical (unpaired) electrons. The number of hydrogen-bond donors (Lipinski definition) is 1. The Morgan fingerprint density at radius 2 is 1.54 bits per heavy atom. The van der Waals surface area contributed by atoms with Crippen LogP contribution in [0.1, 0.15) is 44.6 Å². The Kier molecular flexibility index (Phi) is 12.7. The molecule has 0 bridgehead atoms. The van der Waals surface area contributed by atoms with Crippen LogP contribution in [0, 0.1) is 0 Å². The molecule has 1 fully saturated rings. The molecule has 14 heteroatoms. The zero-order valence-electron chi connectivity index (χ0n) is 27.6. The molecule has 3 aromatic carbocycles. The van der Waals surface area contributed by atoms with Gasteiger partial charge in [-0.2, -0.15) is 0 Å². The third-order valence-corrected chi connectivity index (χ3v) is 10.7. The van der Waals surface area contributed by atoms with Gasteiger partial charge in [-0.05, 0) is 61.2 Å². The Morgan fingerprint density at radius 3 is 2.15 bits per heavy atom. The number of amides is 2. The second-order valence-electron chi connectivity index (χ2n) is 11.2. The lowest BCUT2D eigenvalue weighted by Crippen LogP contribution is -2.53. The number of carbonyl (C=O) groups is 2. The van der Waals surface area contributed by atoms with Crippen LogP contribution in [0.2, 0.25) is 10.0 Å². The maximum atomic E-state index is 14.6. The minimum Gasteiger partial charge on any atom is -0.497 e. The van der Waals surface area contributed by atoms with Crippen molar-refractivity contribution in [2.45, 2.75) is 62.6 Å². The molecule has 2 amide bonds. The Balaban J connectivity index is 1.83. The number of nitrogens with zero attached hydrogens (tertiary/aromatic N) is 2. The van der Waals surface area contributed by atoms with Gasteiger partial charge in [0.05, 0.1) is 39.0 Å². The zero-order chi connectivity index (χ0) is 35.0. The van der Waals surface area contributed by atoms with Gasteiger partial charge in [0, 0.05) is 34.8 Å². The smallest absolute Gasteiger partial charge is 0.265 e. The van der Waals surface area contributed by atoms with Gasteiger partial charge in [0.25, 0.3) is 10.0 Å². The fraction of sp³-hybridized carbons (Fsp3) is 0.412. The SMILES string of the molecule is CC[C@@H](C(=O)NC1CCCC1)N(Cc1ccc(Cl)cc1Cl)C(=O)CN(c1cc(OC)ccc1OC)S(=O)(=O)c1ccc(OC)c(OC)c1. The summed E-state index contributed by atoms with van der Waals surface area (Å²) >= 11 is 12.7. The lowest BCUT2D eigenvalue weighted by molar-refractivity contribution is -0.140. The van der Waals surface area contributed by atoms with E-state index in [9.17, 15) is 18.0 Å². The van der Waals surface area contributed by atoms with Crippen molar-refractivity contribution in [1.82, 2.24) is 10.2 Å². The summed E-state index contributed by atoms with van der Waals surface area (Å²) in [5.41, 5.74) is 0.586. The number of rotatable bonds is 15. The van der Waals surface area contributed by atoms with Crippen molar-refractivity contribution in [3.05, 3.63) is 70.2 Å². The summed E-state index contributed by atoms with van der Waals surface area (Å²) in [6.07, 6.45) is 3.99. The van der Waals surface area contributed by atoms with Crippen LogP contribution in [0.25, 0.3) is 0 Å². The van der Waals surface area contributed by atoms with Gasteiger partial charge in [-0.1, -0.05) is 49.0 Å². The summed E-state index contributed by atoms with van der Waals surface area (Å²) in [6.45, 7) is 1.02. The van der Waals surface area contributed by atoms with Crippen molar-refractivity contribution in [3.63, 3.8) is 0 Å². The lowest BCUT2D eigenvalue weighted by atomic mass is 10.1. The maximum absolute atomic E-state index is 14.6. The summed E-state index contributed by atoms with van der Waals surface area (Å²) in [5, 5.41) is 3.80. The van der Waals surface area contributed by atoms with E-state index in [4.69, 9.17) is 42.1 Å². The van der Waals surface area contributed by atoms with Crippen LogP contribution in [-0.4, -0.2) is 72.2 Å². The molecule has 0 aliphatic heterocycles. The van der Waals surface area contributed by atoms with Crippen molar-refractivity contribution in [2.75, 3.05) is 39.3 Å². The van der Waals surface area contributed by atoms with Crippen molar-refractivity contribution in [1.29, 1.82) is 0 Å². The van der Waals surface area contributed by atoms with E-state index in [2.05, 4.69) is 5.32 Å². The maximum Gasteiger partial charge on any atom is 0.265 e. The van der Waals surface area contributed by atoms with Crippen molar-refractivity contribution in [2.24, 2.45) is 0 Å². The average molecular weight is 723 g/mol. The van der Waals surface area contributed by atoms with Crippen LogP contribution < -0.4 is 28.6 Å². The van der Waals surface area contributed by atoms with Gasteiger partial charge in [0.1, 0.15) is 24.1 Å². The van der Waals surface area contributed by atoms with Crippen LogP contribution >= 0.6 is 23.2 Å². The van der Waals surface area contributed by atoms with Gasteiger partial charge in [-0.25, -0.2) is 8.42 Å². The molecule has 260 valence electrons. The summed E-state index contributed by atoms with van der Waals surface area (Å²) in [6, 6.07) is 12.7. The number of ether oxygens (including phenoxy) is 4. The number of benzene rings is 3. The first-order valence-corrected chi connectivity index (χ1v) is 17.7. The number of methoxy groups -OCH3 is 4. The first-order valence-electron chi connectivity index (χ1n) is 15.5. The van der Waals surface area contributed by atoms with E-state index in [1.807, 2.05) is 0 Å². The van der Waals surface area contributed by atoms with E-state index >= 15 is 0 Å². The molecule has 0 aromatic heterocycles. The quantitative estimate of drug-likeness (QED) is 0.200. The Bertz CT molecular complexity index is 1720. The molecule has 1 aliphatic rings. The van der Waals surface area contributed by atoms with Crippen LogP contribution in [0.4, 0.5) is 5.69 Å². The number of carbonyl (C=O) groups excluding carboxylic acids is 2. The number of halogens is 2. The van der Waals surface area contributed by atoms with E-state index < -0.39 is 28.5 Å². The van der Waals surface area contributed by atoms with Crippen LogP contribution in [0.5, 0.6) is 23.0 Å². The summed E-state index contributed by atoms with van der Waals surface area (Å²) in [7, 11) is 1.18. The number of sulfonamides is 1. The average Bonchev–Trinajstić information content (AvgIpc) is 3.60. The number of anilines is 1. The highest BCUT2D eigenvalue weighted by Crippen LogP contribution is 2.38. The second-order valence-corrected chi connectivity index (χ2v) is 13.9. The molecule has 1 N–H and O–H groups in total. The third-order valence-electron chi connectivity index (χ3n) is 8.32. The van der Waals surface area contributed by atoms with Crippen LogP contribution in [-0.2, 0) is 26.2 Å². The molecule has 48 heavy (non-hydrogen) atoms. The van der Waals surface area contributed by atoms with E-state index in [-0.39, 0.29) is 47.0 Å². The van der Waals surface area contributed by atoms with Gasteiger partial charge in [0.15, 0.2) is 11.5 Å². The highest BCUT2D eigenvalue weighted by molar-refractivity contribution is 7.92. The largest absolute Gasteiger partial charge is 0.497 e. The first-order chi connectivity index (χ1) is 23.0. The van der Waals surface area contributed by atoms with E-state index in [1.165, 1.54) is 57.6 Å². The Morgan fingerprint density at radius 1 is 0.875 bits per heavy atom. The molecular formula is C34H41Cl2N3O8S. The zero-order valence-corrected chi connectivity index (χ0v) is 30.0. The van der Waals surface area contributed by atoms with E-state index in [0.29, 0.717) is 27.1 Å². The topological polar surface area (TPSA) is 124 Å². The molecule has 1 saturated carbocycles. The molecular weight excluding hydrogens is 681 g/mol. The monoisotopic (exact) mass is 721 g/mol. The van der Waals surface area contributed by atoms with Crippen LogP contribution in [0.15, 0.2) is 59.5 Å². The van der Waals surface area contributed by atoms with Crippen LogP contribution in [0.3, 0.4) is 0 Å². The fourth-order valence-electron chi connectivity index (χ4n) is 5.73. The Hall–Kier alpha value is -3.87. The molecule has 1 atom stereocenters. The molecule has 0 heterocycles. The van der Waals surface area contributed by atoms with Gasteiger partial charge in [0.2, 0.25) is 11.8 Å². The van der Waals surface area contributed by atoms with Gasteiger partial charge >= 0.3 is 0 Å². The molecule has 0 unspecified atom stereocenters. The molecule has 4 rings (SSSR count). The summed E-state index contributed by atoms with van der Waals surface area (Å²) in [4.78, 5) is 29.5. The van der Waals surface area contributed by atoms with Gasteiger partial charge in [-0.15, -0.1) is 0 Å². The normalized spacial score (nSPS) is 13.8. The molecule has 3 aromatic rings. The fourth-order valence-corrected chi connectivity index (χ4v) is 7.63. The first kappa shape index (κ1) is 37.0. The van der Waals surface area contributed by atoms with Crippen molar-refractivity contribution < 1.29 is 37.0 Å². The van der Waals surface area contributed by atoms with Crippen molar-refractivity contribution >= 4 is 50.7 Å². The number of hydrogen-bond acceptors (Lipinski definition) is 8. The standard InChI is InChI=1S/C34H41Cl2N3O8S/c1-6-28(34(41)37-24-9-7-8-10-24)38(20-22-11-12-23(35)17-27(22)36)33(40)21-39(29-18-25(44-2)13-15-30(29)45-3)48(42,43)26-14-16-31(46-4)32(19-26)47-5/h11-19,24,28H,6-10,20-21H2,1-5H3,(H,37,41)/t28-/m0/s1. The molecule has 0 spiro atoms. The van der Waals surface area contributed by atoms with E-state index in [0.717, 1.165) is 30.0 Å². The summed E-state index contributed by atoms with van der Waals surface area (Å²) < 4.78 is 51.6. The minimum absolute atomic E-state index is 0.00518. The molecule has 11 nitrogen and oxygen atoms in total. The van der Waals surface area contributed by atoms with Gasteiger partial charge < -0.3 is 29.2 Å². The highest BCUT2D eigenvalue weighted by Gasteiger charge is 2.36. The molecule has 0 saturated heterocycles. The second kappa shape index (κ2) is 16.5. The summed E-state index contributed by atoms with van der Waals surface area (Å²) in [5.74, 6) is 0.0302. The van der Waals surface area contributed by atoms with Gasteiger partial charge in [-0.3, -0.25) is 13.9 Å². The minimum atomic E-state index is -4.49. The Labute approximate surface area is 292 Å². The third kappa shape index (κ3) is 8.40. The number of nitrogens with one attached hydrogen (secondary N) is 1. The predicted molar refractivity (Wildman–Crippen MR) is 185 cm³/mol. The highest BCUT2D eigenvalue weighted by atomic mass is 35.5. The van der Waals surface area contributed by atoms with Crippen molar-refractivity contribution in [3.8, 4) is 23.0 Å². The predicted octanol–water partition coefficient (Wildman–Crippen LogP) is 6.09. The van der Waals surface area contributed by atoms with E-state index in [1.54, 1.807) is 37.3 Å². The lowest BCUT2D eigenvalue weighted by Gasteiger charge is -2.34. The molecule has 1 aliphatic carbocycles.